The summed E-state index contributed by atoms with van der Waals surface area (Å²) in [5.41, 5.74) is 10.6. The molecule has 4 aromatic rings. The summed E-state index contributed by atoms with van der Waals surface area (Å²) in [6.07, 6.45) is 2.31. The topological polar surface area (TPSA) is 79.4 Å². The van der Waals surface area contributed by atoms with Crippen LogP contribution in [0.1, 0.15) is 49.7 Å². The minimum Gasteiger partial charge on any atom is -0.474 e. The molecule has 0 aliphatic rings. The lowest BCUT2D eigenvalue weighted by atomic mass is 10.1. The van der Waals surface area contributed by atoms with Crippen molar-refractivity contribution in [2.24, 2.45) is 0 Å². The Bertz CT molecular complexity index is 1230. The second kappa shape index (κ2) is 10.9. The molecule has 6 heteroatoms. The predicted molar refractivity (Wildman–Crippen MR) is 135 cm³/mol. The van der Waals surface area contributed by atoms with E-state index in [4.69, 9.17) is 20.2 Å². The number of benzene rings is 3. The van der Waals surface area contributed by atoms with Gasteiger partial charge in [-0.15, -0.1) is 0 Å². The van der Waals surface area contributed by atoms with E-state index in [2.05, 4.69) is 11.5 Å². The van der Waals surface area contributed by atoms with Crippen LogP contribution in [0.4, 0.5) is 5.69 Å². The maximum Gasteiger partial charge on any atom is 0.352 e. The number of nitrogens with two attached hydrogens (primary N) is 1. The highest BCUT2D eigenvalue weighted by atomic mass is 16.6. The SMILES string of the molecule is CCCCc1nc2cc(N)ccc2n1Cc1ccc(OC(C(=O)OCC)c2ccccc2)cc1. The first-order valence-corrected chi connectivity index (χ1v) is 11.8. The van der Waals surface area contributed by atoms with Crippen LogP contribution in [0.2, 0.25) is 0 Å². The van der Waals surface area contributed by atoms with E-state index in [-0.39, 0.29) is 0 Å². The number of hydrogen-bond acceptors (Lipinski definition) is 5. The normalized spacial score (nSPS) is 11.9. The van der Waals surface area contributed by atoms with Crippen LogP contribution in [0.5, 0.6) is 5.75 Å². The number of rotatable bonds is 10. The number of fused-ring (bicyclic) bond motifs is 1. The van der Waals surface area contributed by atoms with Crippen LogP contribution in [0.15, 0.2) is 72.8 Å². The van der Waals surface area contributed by atoms with Crippen LogP contribution in [0, 0.1) is 0 Å². The minimum absolute atomic E-state index is 0.301. The summed E-state index contributed by atoms with van der Waals surface area (Å²) in [4.78, 5) is 17.4. The molecule has 1 unspecified atom stereocenters. The molecule has 0 aliphatic heterocycles. The average Bonchev–Trinajstić information content (AvgIpc) is 3.18. The average molecular weight is 458 g/mol. The van der Waals surface area contributed by atoms with E-state index in [1.165, 1.54) is 0 Å². The van der Waals surface area contributed by atoms with Crippen LogP contribution in [-0.2, 0) is 22.5 Å². The zero-order valence-electron chi connectivity index (χ0n) is 19.7. The molecule has 2 N–H and O–H groups in total. The quantitative estimate of drug-likeness (QED) is 0.244. The highest BCUT2D eigenvalue weighted by Crippen LogP contribution is 2.26. The minimum atomic E-state index is -0.810. The van der Waals surface area contributed by atoms with Crippen molar-refractivity contribution in [3.8, 4) is 5.75 Å². The smallest absolute Gasteiger partial charge is 0.352 e. The third-order valence-electron chi connectivity index (χ3n) is 5.73. The van der Waals surface area contributed by atoms with Crippen molar-refractivity contribution >= 4 is 22.7 Å². The van der Waals surface area contributed by atoms with Gasteiger partial charge in [-0.25, -0.2) is 9.78 Å². The van der Waals surface area contributed by atoms with E-state index in [1.54, 1.807) is 6.92 Å². The fourth-order valence-electron chi connectivity index (χ4n) is 3.99. The number of anilines is 1. The second-order valence-electron chi connectivity index (χ2n) is 8.27. The number of carbonyl (C=O) groups excluding carboxylic acids is 1. The van der Waals surface area contributed by atoms with Crippen molar-refractivity contribution in [3.05, 3.63) is 89.7 Å². The summed E-state index contributed by atoms with van der Waals surface area (Å²) >= 11 is 0. The summed E-state index contributed by atoms with van der Waals surface area (Å²) < 4.78 is 13.5. The summed E-state index contributed by atoms with van der Waals surface area (Å²) in [7, 11) is 0. The van der Waals surface area contributed by atoms with E-state index in [0.717, 1.165) is 52.9 Å². The number of imidazole rings is 1. The molecule has 1 atom stereocenters. The van der Waals surface area contributed by atoms with Gasteiger partial charge in [0, 0.05) is 24.2 Å². The molecular weight excluding hydrogens is 426 g/mol. The van der Waals surface area contributed by atoms with Gasteiger partial charge in [0.05, 0.1) is 17.6 Å². The number of nitrogens with zero attached hydrogens (tertiary/aromatic N) is 2. The summed E-state index contributed by atoms with van der Waals surface area (Å²) in [6.45, 7) is 4.97. The number of esters is 1. The number of aromatic nitrogens is 2. The van der Waals surface area contributed by atoms with Crippen molar-refractivity contribution < 1.29 is 14.3 Å². The van der Waals surface area contributed by atoms with Crippen molar-refractivity contribution in [1.82, 2.24) is 9.55 Å². The third kappa shape index (κ3) is 5.39. The van der Waals surface area contributed by atoms with Gasteiger partial charge in [-0.05, 0) is 49.2 Å². The van der Waals surface area contributed by atoms with Gasteiger partial charge in [0.2, 0.25) is 6.10 Å². The molecule has 1 aromatic heterocycles. The van der Waals surface area contributed by atoms with E-state index in [1.807, 2.05) is 72.8 Å². The maximum atomic E-state index is 12.5. The summed E-state index contributed by atoms with van der Waals surface area (Å²) in [6, 6.07) is 23.1. The Labute approximate surface area is 200 Å². The van der Waals surface area contributed by atoms with Gasteiger partial charge >= 0.3 is 5.97 Å². The van der Waals surface area contributed by atoms with E-state index >= 15 is 0 Å². The van der Waals surface area contributed by atoms with Crippen molar-refractivity contribution in [2.45, 2.75) is 45.8 Å². The van der Waals surface area contributed by atoms with Gasteiger partial charge in [0.15, 0.2) is 0 Å². The van der Waals surface area contributed by atoms with Crippen LogP contribution in [0.3, 0.4) is 0 Å². The van der Waals surface area contributed by atoms with Gasteiger partial charge in [-0.1, -0.05) is 55.8 Å². The molecule has 176 valence electrons. The summed E-state index contributed by atoms with van der Waals surface area (Å²) in [5.74, 6) is 1.27. The Morgan fingerprint density at radius 1 is 1.03 bits per heavy atom. The Balaban J connectivity index is 1.56. The number of hydrogen-bond donors (Lipinski definition) is 1. The van der Waals surface area contributed by atoms with Crippen LogP contribution < -0.4 is 10.5 Å². The molecule has 0 saturated carbocycles. The van der Waals surface area contributed by atoms with Crippen molar-refractivity contribution in [3.63, 3.8) is 0 Å². The van der Waals surface area contributed by atoms with E-state index in [0.29, 0.717) is 18.9 Å². The molecule has 3 aromatic carbocycles. The number of ether oxygens (including phenoxy) is 2. The number of aryl methyl sites for hydroxylation is 1. The standard InChI is InChI=1S/C28H31N3O3/c1-3-5-11-26-30-24-18-22(29)14-17-25(24)31(26)19-20-12-15-23(16-13-20)34-27(28(32)33-4-2)21-9-7-6-8-10-21/h6-10,12-18,27H,3-5,11,19,29H2,1-2H3. The molecule has 34 heavy (non-hydrogen) atoms. The maximum absolute atomic E-state index is 12.5. The molecule has 0 fully saturated rings. The lowest BCUT2D eigenvalue weighted by Crippen LogP contribution is -2.21. The number of nitrogen functional groups attached to an aromatic ring is 1. The molecule has 0 saturated heterocycles. The van der Waals surface area contributed by atoms with E-state index < -0.39 is 12.1 Å². The fourth-order valence-corrected chi connectivity index (χ4v) is 3.99. The predicted octanol–water partition coefficient (Wildman–Crippen LogP) is 5.69. The van der Waals surface area contributed by atoms with Crippen molar-refractivity contribution in [1.29, 1.82) is 0 Å². The first-order valence-electron chi connectivity index (χ1n) is 11.8. The zero-order valence-corrected chi connectivity index (χ0v) is 19.7. The molecule has 6 nitrogen and oxygen atoms in total. The Morgan fingerprint density at radius 3 is 2.50 bits per heavy atom. The molecule has 4 rings (SSSR count). The van der Waals surface area contributed by atoms with Gasteiger partial charge in [-0.2, -0.15) is 0 Å². The second-order valence-corrected chi connectivity index (χ2v) is 8.27. The van der Waals surface area contributed by atoms with Gasteiger partial charge in [0.25, 0.3) is 0 Å². The molecule has 0 bridgehead atoms. The highest BCUT2D eigenvalue weighted by Gasteiger charge is 2.24. The Morgan fingerprint density at radius 2 is 1.79 bits per heavy atom. The fraction of sp³-hybridized carbons (Fsp3) is 0.286. The van der Waals surface area contributed by atoms with Gasteiger partial charge in [0.1, 0.15) is 11.6 Å². The Hall–Kier alpha value is -3.80. The molecule has 0 spiro atoms. The monoisotopic (exact) mass is 457 g/mol. The molecular formula is C28H31N3O3. The molecule has 1 heterocycles. The van der Waals surface area contributed by atoms with Crippen LogP contribution in [0.25, 0.3) is 11.0 Å². The first-order chi connectivity index (χ1) is 16.6. The molecule has 0 aliphatic carbocycles. The van der Waals surface area contributed by atoms with Crippen LogP contribution in [-0.4, -0.2) is 22.1 Å². The third-order valence-corrected chi connectivity index (χ3v) is 5.73. The largest absolute Gasteiger partial charge is 0.474 e. The summed E-state index contributed by atoms with van der Waals surface area (Å²) in [5, 5.41) is 0. The highest BCUT2D eigenvalue weighted by molar-refractivity contribution is 5.80. The Kier molecular flexibility index (Phi) is 7.48. The lowest BCUT2D eigenvalue weighted by Gasteiger charge is -2.18. The zero-order chi connectivity index (χ0) is 23.9. The number of carbonyl (C=O) groups is 1. The number of unbranched alkanes of at least 4 members (excludes halogenated alkanes) is 1. The van der Waals surface area contributed by atoms with Gasteiger partial charge in [-0.3, -0.25) is 0 Å². The van der Waals surface area contributed by atoms with E-state index in [9.17, 15) is 4.79 Å². The first kappa shape index (κ1) is 23.4. The van der Waals surface area contributed by atoms with Gasteiger partial charge < -0.3 is 19.8 Å². The van der Waals surface area contributed by atoms with Crippen molar-refractivity contribution in [2.75, 3.05) is 12.3 Å². The molecule has 0 radical (unpaired) electrons. The van der Waals surface area contributed by atoms with Crippen LogP contribution >= 0.6 is 0 Å². The molecule has 0 amide bonds. The lowest BCUT2D eigenvalue weighted by molar-refractivity contribution is -0.151.